The van der Waals surface area contributed by atoms with Gasteiger partial charge in [-0.3, -0.25) is 0 Å². The number of nitrogens with one attached hydrogen (secondary N) is 1. The second-order valence-electron chi connectivity index (χ2n) is 3.40. The molecule has 3 N–H and O–H groups in total. The van der Waals surface area contributed by atoms with Gasteiger partial charge in [0.05, 0.1) is 6.61 Å². The third-order valence-electron chi connectivity index (χ3n) is 2.46. The van der Waals surface area contributed by atoms with Crippen LogP contribution in [0.1, 0.15) is 12.8 Å². The topological polar surface area (TPSA) is 47.3 Å². The Bertz CT molecular complexity index is 103. The van der Waals surface area contributed by atoms with Crippen molar-refractivity contribution in [1.29, 1.82) is 0 Å². The Hall–Kier alpha value is -0.120. The fourth-order valence-electron chi connectivity index (χ4n) is 1.82. The van der Waals surface area contributed by atoms with Gasteiger partial charge in [-0.1, -0.05) is 0 Å². The third kappa shape index (κ3) is 2.15. The second kappa shape index (κ2) is 4.04. The maximum absolute atomic E-state index is 5.54. The van der Waals surface area contributed by atoms with E-state index in [-0.39, 0.29) is 0 Å². The van der Waals surface area contributed by atoms with E-state index in [9.17, 15) is 0 Å². The SMILES string of the molecule is COCC1(CCN)CCNC1. The van der Waals surface area contributed by atoms with Gasteiger partial charge in [0.25, 0.3) is 0 Å². The van der Waals surface area contributed by atoms with Crippen molar-refractivity contribution in [3.05, 3.63) is 0 Å². The van der Waals surface area contributed by atoms with Gasteiger partial charge in [0, 0.05) is 19.1 Å². The van der Waals surface area contributed by atoms with Crippen LogP contribution >= 0.6 is 0 Å². The van der Waals surface area contributed by atoms with Gasteiger partial charge >= 0.3 is 0 Å². The Balaban J connectivity index is 2.40. The molecule has 1 unspecified atom stereocenters. The van der Waals surface area contributed by atoms with Crippen molar-refractivity contribution in [2.45, 2.75) is 12.8 Å². The molecule has 11 heavy (non-hydrogen) atoms. The number of hydrogen-bond donors (Lipinski definition) is 2. The number of nitrogens with two attached hydrogens (primary N) is 1. The minimum absolute atomic E-state index is 0.337. The fourth-order valence-corrected chi connectivity index (χ4v) is 1.82. The molecule has 0 aromatic heterocycles. The van der Waals surface area contributed by atoms with E-state index in [1.54, 1.807) is 7.11 Å². The molecule has 0 spiro atoms. The molecule has 0 aromatic rings. The molecule has 1 rings (SSSR count). The first-order chi connectivity index (χ1) is 5.33. The van der Waals surface area contributed by atoms with E-state index in [1.807, 2.05) is 0 Å². The molecule has 0 aliphatic carbocycles. The van der Waals surface area contributed by atoms with Gasteiger partial charge < -0.3 is 15.8 Å². The molecule has 0 saturated carbocycles. The fraction of sp³-hybridized carbons (Fsp3) is 1.00. The monoisotopic (exact) mass is 158 g/mol. The quantitative estimate of drug-likeness (QED) is 0.603. The van der Waals surface area contributed by atoms with Crippen LogP contribution in [0.2, 0.25) is 0 Å². The summed E-state index contributed by atoms with van der Waals surface area (Å²) in [5.41, 5.74) is 5.88. The summed E-state index contributed by atoms with van der Waals surface area (Å²) in [7, 11) is 1.76. The van der Waals surface area contributed by atoms with Gasteiger partial charge in [0.15, 0.2) is 0 Å². The van der Waals surface area contributed by atoms with E-state index in [0.29, 0.717) is 5.41 Å². The van der Waals surface area contributed by atoms with Crippen LogP contribution in [0, 0.1) is 5.41 Å². The van der Waals surface area contributed by atoms with Gasteiger partial charge in [0.2, 0.25) is 0 Å². The molecule has 0 amide bonds. The molecule has 1 aliphatic heterocycles. The Labute approximate surface area is 68.3 Å². The summed E-state index contributed by atoms with van der Waals surface area (Å²) in [5.74, 6) is 0. The molecule has 0 bridgehead atoms. The summed E-state index contributed by atoms with van der Waals surface area (Å²) >= 11 is 0. The highest BCUT2D eigenvalue weighted by atomic mass is 16.5. The van der Waals surface area contributed by atoms with Crippen molar-refractivity contribution in [2.75, 3.05) is 33.4 Å². The summed E-state index contributed by atoms with van der Waals surface area (Å²) in [4.78, 5) is 0. The molecule has 1 aliphatic rings. The average Bonchev–Trinajstić information content (AvgIpc) is 2.39. The van der Waals surface area contributed by atoms with Crippen LogP contribution in [-0.2, 0) is 4.74 Å². The normalized spacial score (nSPS) is 31.1. The van der Waals surface area contributed by atoms with Crippen molar-refractivity contribution < 1.29 is 4.74 Å². The van der Waals surface area contributed by atoms with Gasteiger partial charge in [-0.05, 0) is 25.9 Å². The van der Waals surface area contributed by atoms with Gasteiger partial charge in [-0.25, -0.2) is 0 Å². The van der Waals surface area contributed by atoms with Crippen molar-refractivity contribution in [1.82, 2.24) is 5.32 Å². The number of ether oxygens (including phenoxy) is 1. The van der Waals surface area contributed by atoms with E-state index in [0.717, 1.165) is 32.7 Å². The van der Waals surface area contributed by atoms with Crippen LogP contribution in [0.3, 0.4) is 0 Å². The first-order valence-electron chi connectivity index (χ1n) is 4.23. The standard InChI is InChI=1S/C8H18N2O/c1-11-7-8(2-4-9)3-5-10-6-8/h10H,2-7,9H2,1H3. The van der Waals surface area contributed by atoms with Crippen molar-refractivity contribution in [3.8, 4) is 0 Å². The summed E-state index contributed by atoms with van der Waals surface area (Å²) in [5, 5.41) is 3.35. The Morgan fingerprint density at radius 1 is 1.64 bits per heavy atom. The van der Waals surface area contributed by atoms with Crippen molar-refractivity contribution >= 4 is 0 Å². The predicted octanol–water partition coefficient (Wildman–Crippen LogP) is -0.0387. The molecule has 1 fully saturated rings. The average molecular weight is 158 g/mol. The lowest BCUT2D eigenvalue weighted by atomic mass is 9.84. The Morgan fingerprint density at radius 2 is 2.45 bits per heavy atom. The lowest BCUT2D eigenvalue weighted by molar-refractivity contribution is 0.0878. The molecule has 3 nitrogen and oxygen atoms in total. The highest BCUT2D eigenvalue weighted by molar-refractivity contribution is 4.87. The summed E-state index contributed by atoms with van der Waals surface area (Å²) in [6.45, 7) is 3.80. The molecular formula is C8H18N2O. The maximum atomic E-state index is 5.54. The first-order valence-corrected chi connectivity index (χ1v) is 4.23. The highest BCUT2D eigenvalue weighted by Crippen LogP contribution is 2.28. The summed E-state index contributed by atoms with van der Waals surface area (Å²) < 4.78 is 5.19. The van der Waals surface area contributed by atoms with E-state index in [2.05, 4.69) is 5.32 Å². The number of rotatable bonds is 4. The minimum Gasteiger partial charge on any atom is -0.384 e. The van der Waals surface area contributed by atoms with Crippen LogP contribution in [-0.4, -0.2) is 33.4 Å². The lowest BCUT2D eigenvalue weighted by Gasteiger charge is -2.26. The van der Waals surface area contributed by atoms with Gasteiger partial charge in [0.1, 0.15) is 0 Å². The predicted molar refractivity (Wildman–Crippen MR) is 45.5 cm³/mol. The van der Waals surface area contributed by atoms with Crippen molar-refractivity contribution in [3.63, 3.8) is 0 Å². The minimum atomic E-state index is 0.337. The van der Waals surface area contributed by atoms with E-state index in [1.165, 1.54) is 6.42 Å². The van der Waals surface area contributed by atoms with Crippen LogP contribution in [0.15, 0.2) is 0 Å². The van der Waals surface area contributed by atoms with Gasteiger partial charge in [-0.15, -0.1) is 0 Å². The smallest absolute Gasteiger partial charge is 0.0531 e. The van der Waals surface area contributed by atoms with Crippen molar-refractivity contribution in [2.24, 2.45) is 11.1 Å². The second-order valence-corrected chi connectivity index (χ2v) is 3.40. The largest absolute Gasteiger partial charge is 0.384 e. The Kier molecular flexibility index (Phi) is 3.30. The zero-order valence-corrected chi connectivity index (χ0v) is 7.23. The molecule has 66 valence electrons. The van der Waals surface area contributed by atoms with Crippen LogP contribution < -0.4 is 11.1 Å². The molecule has 1 saturated heterocycles. The van der Waals surface area contributed by atoms with E-state index < -0.39 is 0 Å². The first kappa shape index (κ1) is 8.97. The van der Waals surface area contributed by atoms with E-state index >= 15 is 0 Å². The summed E-state index contributed by atoms with van der Waals surface area (Å²) in [6.07, 6.45) is 2.28. The molecular weight excluding hydrogens is 140 g/mol. The third-order valence-corrected chi connectivity index (χ3v) is 2.46. The van der Waals surface area contributed by atoms with Crippen LogP contribution in [0.25, 0.3) is 0 Å². The van der Waals surface area contributed by atoms with Crippen LogP contribution in [0.4, 0.5) is 0 Å². The zero-order valence-electron chi connectivity index (χ0n) is 7.23. The molecule has 0 radical (unpaired) electrons. The van der Waals surface area contributed by atoms with E-state index in [4.69, 9.17) is 10.5 Å². The molecule has 1 heterocycles. The maximum Gasteiger partial charge on any atom is 0.0531 e. The zero-order chi connectivity index (χ0) is 8.16. The molecule has 0 aromatic carbocycles. The summed E-state index contributed by atoms with van der Waals surface area (Å²) in [6, 6.07) is 0. The molecule has 3 heteroatoms. The Morgan fingerprint density at radius 3 is 2.91 bits per heavy atom. The highest BCUT2D eigenvalue weighted by Gasteiger charge is 2.32. The lowest BCUT2D eigenvalue weighted by Crippen LogP contribution is -2.31. The molecule has 1 atom stereocenters. The number of hydrogen-bond acceptors (Lipinski definition) is 3. The number of methoxy groups -OCH3 is 1. The van der Waals surface area contributed by atoms with Crippen LogP contribution in [0.5, 0.6) is 0 Å². The van der Waals surface area contributed by atoms with Gasteiger partial charge in [-0.2, -0.15) is 0 Å².